The van der Waals surface area contributed by atoms with Crippen LogP contribution in [0.2, 0.25) is 0 Å². The number of piperidine rings is 1. The normalized spacial score (nSPS) is 20.9. The molecule has 4 nitrogen and oxygen atoms in total. The Labute approximate surface area is 95.9 Å². The first kappa shape index (κ1) is 11.2. The molecule has 1 fully saturated rings. The second-order valence-electron chi connectivity index (χ2n) is 4.08. The molecule has 88 valence electrons. The summed E-state index contributed by atoms with van der Waals surface area (Å²) in [5.41, 5.74) is 0. The van der Waals surface area contributed by atoms with Gasteiger partial charge in [-0.25, -0.2) is 4.98 Å². The maximum atomic E-state index is 9.33. The topological polar surface area (TPSA) is 45.6 Å². The summed E-state index contributed by atoms with van der Waals surface area (Å²) in [6, 6.07) is 4.08. The first-order valence-corrected chi connectivity index (χ1v) is 5.72. The van der Waals surface area contributed by atoms with Crippen molar-refractivity contribution in [2.45, 2.75) is 25.3 Å². The van der Waals surface area contributed by atoms with Crippen LogP contribution in [0.1, 0.15) is 19.3 Å². The summed E-state index contributed by atoms with van der Waals surface area (Å²) >= 11 is 0. The number of nitrogens with zero attached hydrogens (tertiary/aromatic N) is 2. The van der Waals surface area contributed by atoms with E-state index in [1.54, 1.807) is 13.3 Å². The number of ether oxygens (including phenoxy) is 1. The number of methoxy groups -OCH3 is 1. The van der Waals surface area contributed by atoms with Gasteiger partial charge in [0.2, 0.25) is 0 Å². The van der Waals surface area contributed by atoms with Crippen LogP contribution >= 0.6 is 0 Å². The lowest BCUT2D eigenvalue weighted by Gasteiger charge is -2.35. The molecular weight excluding hydrogens is 204 g/mol. The third kappa shape index (κ3) is 2.27. The average Bonchev–Trinajstić information content (AvgIpc) is 2.39. The Morgan fingerprint density at radius 3 is 3.00 bits per heavy atom. The van der Waals surface area contributed by atoms with Crippen molar-refractivity contribution < 1.29 is 9.84 Å². The summed E-state index contributed by atoms with van der Waals surface area (Å²) in [5.74, 6) is 1.70. The van der Waals surface area contributed by atoms with Crippen molar-refractivity contribution in [3.8, 4) is 5.75 Å². The van der Waals surface area contributed by atoms with Crippen LogP contribution in [0.4, 0.5) is 5.82 Å². The van der Waals surface area contributed by atoms with Crippen LogP contribution in [0.15, 0.2) is 18.3 Å². The first-order chi connectivity index (χ1) is 7.85. The fourth-order valence-electron chi connectivity index (χ4n) is 2.16. The highest BCUT2D eigenvalue weighted by Crippen LogP contribution is 2.23. The number of anilines is 1. The van der Waals surface area contributed by atoms with Crippen LogP contribution < -0.4 is 9.64 Å². The fraction of sp³-hybridized carbons (Fsp3) is 0.583. The lowest BCUT2D eigenvalue weighted by molar-refractivity contribution is 0.239. The SMILES string of the molecule is COc1ccc(N2CCCCC2CO)nc1. The zero-order chi connectivity index (χ0) is 11.4. The van der Waals surface area contributed by atoms with Crippen molar-refractivity contribution in [2.24, 2.45) is 0 Å². The Morgan fingerprint density at radius 2 is 2.38 bits per heavy atom. The largest absolute Gasteiger partial charge is 0.495 e. The van der Waals surface area contributed by atoms with E-state index in [1.807, 2.05) is 12.1 Å². The molecule has 1 aromatic rings. The third-order valence-electron chi connectivity index (χ3n) is 3.09. The van der Waals surface area contributed by atoms with Gasteiger partial charge in [-0.2, -0.15) is 0 Å². The molecule has 1 atom stereocenters. The number of hydrogen-bond acceptors (Lipinski definition) is 4. The smallest absolute Gasteiger partial charge is 0.137 e. The summed E-state index contributed by atoms with van der Waals surface area (Å²) in [6.45, 7) is 1.18. The van der Waals surface area contributed by atoms with Gasteiger partial charge in [0, 0.05) is 6.54 Å². The van der Waals surface area contributed by atoms with E-state index >= 15 is 0 Å². The molecule has 4 heteroatoms. The summed E-state index contributed by atoms with van der Waals surface area (Å²) in [6.07, 6.45) is 5.13. The highest BCUT2D eigenvalue weighted by Gasteiger charge is 2.22. The van der Waals surface area contributed by atoms with Gasteiger partial charge in [0.05, 0.1) is 26.0 Å². The zero-order valence-corrected chi connectivity index (χ0v) is 9.59. The Kier molecular flexibility index (Phi) is 3.62. The van der Waals surface area contributed by atoms with E-state index < -0.39 is 0 Å². The lowest BCUT2D eigenvalue weighted by atomic mass is 10.0. The Bertz CT molecular complexity index is 326. The summed E-state index contributed by atoms with van der Waals surface area (Å²) in [4.78, 5) is 6.54. The molecular formula is C12H18N2O2. The van der Waals surface area contributed by atoms with E-state index in [0.29, 0.717) is 0 Å². The van der Waals surface area contributed by atoms with Crippen molar-refractivity contribution in [3.63, 3.8) is 0 Å². The highest BCUT2D eigenvalue weighted by atomic mass is 16.5. The predicted octanol–water partition coefficient (Wildman–Crippen LogP) is 1.44. The second kappa shape index (κ2) is 5.16. The molecule has 1 unspecified atom stereocenters. The monoisotopic (exact) mass is 222 g/mol. The molecule has 1 aliphatic heterocycles. The second-order valence-corrected chi connectivity index (χ2v) is 4.08. The zero-order valence-electron chi connectivity index (χ0n) is 9.59. The number of hydrogen-bond donors (Lipinski definition) is 1. The summed E-state index contributed by atoms with van der Waals surface area (Å²) < 4.78 is 5.08. The molecule has 1 N–H and O–H groups in total. The molecule has 1 aliphatic rings. The standard InChI is InChI=1S/C12H18N2O2/c1-16-11-5-6-12(13-8-11)14-7-3-2-4-10(14)9-15/h5-6,8,10,15H,2-4,7,9H2,1H3. The molecule has 0 bridgehead atoms. The molecule has 0 saturated carbocycles. The molecule has 0 amide bonds. The maximum Gasteiger partial charge on any atom is 0.137 e. The van der Waals surface area contributed by atoms with Crippen molar-refractivity contribution >= 4 is 5.82 Å². The van der Waals surface area contributed by atoms with E-state index in [-0.39, 0.29) is 12.6 Å². The highest BCUT2D eigenvalue weighted by molar-refractivity contribution is 5.42. The van der Waals surface area contributed by atoms with Gasteiger partial charge in [-0.3, -0.25) is 0 Å². The molecule has 1 saturated heterocycles. The van der Waals surface area contributed by atoms with Crippen molar-refractivity contribution in [1.82, 2.24) is 4.98 Å². The van der Waals surface area contributed by atoms with E-state index in [9.17, 15) is 5.11 Å². The maximum absolute atomic E-state index is 9.33. The Balaban J connectivity index is 2.14. The van der Waals surface area contributed by atoms with Gasteiger partial charge < -0.3 is 14.7 Å². The fourth-order valence-corrected chi connectivity index (χ4v) is 2.16. The minimum atomic E-state index is 0.202. The van der Waals surface area contributed by atoms with Gasteiger partial charge >= 0.3 is 0 Å². The van der Waals surface area contributed by atoms with E-state index in [2.05, 4.69) is 9.88 Å². The minimum Gasteiger partial charge on any atom is -0.495 e. The van der Waals surface area contributed by atoms with Crippen LogP contribution in [-0.2, 0) is 0 Å². The number of aliphatic hydroxyl groups excluding tert-OH is 1. The molecule has 0 aromatic carbocycles. The van der Waals surface area contributed by atoms with Crippen molar-refractivity contribution in [1.29, 1.82) is 0 Å². The molecule has 0 aliphatic carbocycles. The Hall–Kier alpha value is -1.29. The number of aromatic nitrogens is 1. The number of pyridine rings is 1. The predicted molar refractivity (Wildman–Crippen MR) is 62.9 cm³/mol. The third-order valence-corrected chi connectivity index (χ3v) is 3.09. The number of rotatable bonds is 3. The van der Waals surface area contributed by atoms with Crippen LogP contribution in [0.5, 0.6) is 5.75 Å². The van der Waals surface area contributed by atoms with Crippen LogP contribution in [0.25, 0.3) is 0 Å². The van der Waals surface area contributed by atoms with E-state index in [1.165, 1.54) is 12.8 Å². The number of aliphatic hydroxyl groups is 1. The van der Waals surface area contributed by atoms with Crippen molar-refractivity contribution in [2.75, 3.05) is 25.2 Å². The van der Waals surface area contributed by atoms with Crippen LogP contribution in [-0.4, -0.2) is 36.4 Å². The quantitative estimate of drug-likeness (QED) is 0.840. The van der Waals surface area contributed by atoms with Crippen molar-refractivity contribution in [3.05, 3.63) is 18.3 Å². The van der Waals surface area contributed by atoms with Gasteiger partial charge in [0.1, 0.15) is 11.6 Å². The average molecular weight is 222 g/mol. The van der Waals surface area contributed by atoms with Crippen LogP contribution in [0, 0.1) is 0 Å². The lowest BCUT2D eigenvalue weighted by Crippen LogP contribution is -2.42. The van der Waals surface area contributed by atoms with E-state index in [0.717, 1.165) is 24.5 Å². The first-order valence-electron chi connectivity index (χ1n) is 5.72. The van der Waals surface area contributed by atoms with Gasteiger partial charge in [-0.1, -0.05) is 0 Å². The molecule has 1 aromatic heterocycles. The van der Waals surface area contributed by atoms with Gasteiger partial charge in [-0.05, 0) is 31.4 Å². The van der Waals surface area contributed by atoms with Gasteiger partial charge in [0.25, 0.3) is 0 Å². The van der Waals surface area contributed by atoms with E-state index in [4.69, 9.17) is 4.74 Å². The summed E-state index contributed by atoms with van der Waals surface area (Å²) in [5, 5.41) is 9.33. The summed E-state index contributed by atoms with van der Waals surface area (Å²) in [7, 11) is 1.63. The van der Waals surface area contributed by atoms with Gasteiger partial charge in [0.15, 0.2) is 0 Å². The molecule has 2 rings (SSSR count). The Morgan fingerprint density at radius 1 is 1.50 bits per heavy atom. The van der Waals surface area contributed by atoms with Gasteiger partial charge in [-0.15, -0.1) is 0 Å². The molecule has 16 heavy (non-hydrogen) atoms. The molecule has 2 heterocycles. The molecule has 0 radical (unpaired) electrons. The van der Waals surface area contributed by atoms with Crippen LogP contribution in [0.3, 0.4) is 0 Å². The minimum absolute atomic E-state index is 0.202. The molecule has 0 spiro atoms.